The predicted molar refractivity (Wildman–Crippen MR) is 55.1 cm³/mol. The van der Waals surface area contributed by atoms with Crippen LogP contribution < -0.4 is 5.73 Å². The molecule has 0 aromatic carbocycles. The van der Waals surface area contributed by atoms with E-state index >= 15 is 0 Å². The van der Waals surface area contributed by atoms with Gasteiger partial charge in [-0.15, -0.1) is 0 Å². The van der Waals surface area contributed by atoms with E-state index in [4.69, 9.17) is 17.3 Å². The van der Waals surface area contributed by atoms with Gasteiger partial charge in [-0.1, -0.05) is 11.6 Å². The van der Waals surface area contributed by atoms with Gasteiger partial charge < -0.3 is 10.5 Å². The Morgan fingerprint density at radius 2 is 2.25 bits per heavy atom. The number of rotatable bonds is 2. The number of aromatic nitrogens is 1. The van der Waals surface area contributed by atoms with Crippen molar-refractivity contribution in [1.82, 2.24) is 4.98 Å². The molecule has 0 saturated carbocycles. The number of carbonyl (C=O) groups excluding carboxylic acids is 1. The van der Waals surface area contributed by atoms with Gasteiger partial charge in [0.2, 0.25) is 0 Å². The van der Waals surface area contributed by atoms with Crippen LogP contribution in [-0.2, 0) is 4.74 Å². The van der Waals surface area contributed by atoms with Gasteiger partial charge >= 0.3 is 5.97 Å². The fourth-order valence-corrected chi connectivity index (χ4v) is 1.18. The van der Waals surface area contributed by atoms with Crippen molar-refractivity contribution in [3.63, 3.8) is 0 Å². The summed E-state index contributed by atoms with van der Waals surface area (Å²) >= 11 is 5.60. The van der Waals surface area contributed by atoms with E-state index in [0.717, 1.165) is 7.11 Å². The molecule has 1 aromatic rings. The summed E-state index contributed by atoms with van der Waals surface area (Å²) in [6.45, 7) is 0. The Bertz CT molecular complexity index is 463. The molecule has 0 aliphatic rings. The van der Waals surface area contributed by atoms with Gasteiger partial charge in [-0.25, -0.2) is 18.6 Å². The summed E-state index contributed by atoms with van der Waals surface area (Å²) < 4.78 is 29.6. The number of nitrogen functional groups attached to an aromatic ring is 1. The standard InChI is InChI=1S/C9H7ClF2N2O2/c1-16-9(15)8-5(10)7(13)6(12)4(14-8)2-3-11/h2-3H,1H3,(H2,13,14). The summed E-state index contributed by atoms with van der Waals surface area (Å²) in [5.74, 6) is -1.88. The SMILES string of the molecule is COC(=O)c1nc(C=CF)c(F)c(N)c1Cl. The van der Waals surface area contributed by atoms with E-state index in [1.807, 2.05) is 0 Å². The van der Waals surface area contributed by atoms with Crippen LogP contribution >= 0.6 is 11.6 Å². The van der Waals surface area contributed by atoms with Crippen molar-refractivity contribution in [1.29, 1.82) is 0 Å². The van der Waals surface area contributed by atoms with Gasteiger partial charge in [-0.3, -0.25) is 0 Å². The summed E-state index contributed by atoms with van der Waals surface area (Å²) in [7, 11) is 1.10. The monoisotopic (exact) mass is 248 g/mol. The van der Waals surface area contributed by atoms with Gasteiger partial charge in [0.25, 0.3) is 0 Å². The molecule has 0 aliphatic heterocycles. The molecule has 86 valence electrons. The third kappa shape index (κ3) is 2.11. The van der Waals surface area contributed by atoms with E-state index < -0.39 is 23.2 Å². The van der Waals surface area contributed by atoms with Crippen molar-refractivity contribution in [3.05, 3.63) is 28.6 Å². The van der Waals surface area contributed by atoms with Crippen molar-refractivity contribution in [2.75, 3.05) is 12.8 Å². The molecule has 2 N–H and O–H groups in total. The van der Waals surface area contributed by atoms with Crippen LogP contribution in [0, 0.1) is 5.82 Å². The first-order chi connectivity index (χ1) is 7.52. The van der Waals surface area contributed by atoms with Gasteiger partial charge in [0.05, 0.1) is 24.1 Å². The number of methoxy groups -OCH3 is 1. The van der Waals surface area contributed by atoms with Crippen molar-refractivity contribution in [2.24, 2.45) is 0 Å². The van der Waals surface area contributed by atoms with Gasteiger partial charge in [0.1, 0.15) is 5.69 Å². The van der Waals surface area contributed by atoms with Gasteiger partial charge in [-0.2, -0.15) is 0 Å². The Balaban J connectivity index is 3.46. The lowest BCUT2D eigenvalue weighted by Crippen LogP contribution is -2.10. The zero-order chi connectivity index (χ0) is 12.3. The molecule has 0 atom stereocenters. The van der Waals surface area contributed by atoms with Crippen LogP contribution in [-0.4, -0.2) is 18.1 Å². The highest BCUT2D eigenvalue weighted by molar-refractivity contribution is 6.35. The Morgan fingerprint density at radius 3 is 2.75 bits per heavy atom. The maximum atomic E-state index is 13.4. The molecule has 0 spiro atoms. The number of hydrogen-bond acceptors (Lipinski definition) is 4. The topological polar surface area (TPSA) is 65.2 Å². The number of esters is 1. The first-order valence-corrected chi connectivity index (χ1v) is 4.40. The minimum Gasteiger partial charge on any atom is -0.464 e. The molecule has 0 unspecified atom stereocenters. The smallest absolute Gasteiger partial charge is 0.358 e. The first-order valence-electron chi connectivity index (χ1n) is 4.02. The number of pyridine rings is 1. The second kappa shape index (κ2) is 4.89. The number of ether oxygens (including phenoxy) is 1. The van der Waals surface area contributed by atoms with Crippen molar-refractivity contribution < 1.29 is 18.3 Å². The molecular weight excluding hydrogens is 242 g/mol. The van der Waals surface area contributed by atoms with Crippen LogP contribution in [0.2, 0.25) is 5.02 Å². The zero-order valence-corrected chi connectivity index (χ0v) is 8.89. The Labute approximate surface area is 94.7 Å². The molecule has 1 heterocycles. The lowest BCUT2D eigenvalue weighted by Gasteiger charge is -2.07. The van der Waals surface area contributed by atoms with Crippen LogP contribution in [0.3, 0.4) is 0 Å². The third-order valence-electron chi connectivity index (χ3n) is 1.74. The second-order valence-corrected chi connectivity index (χ2v) is 3.05. The largest absolute Gasteiger partial charge is 0.464 e. The quantitative estimate of drug-likeness (QED) is 0.815. The summed E-state index contributed by atoms with van der Waals surface area (Å²) in [5, 5.41) is -0.361. The average molecular weight is 249 g/mol. The highest BCUT2D eigenvalue weighted by atomic mass is 35.5. The van der Waals surface area contributed by atoms with E-state index in [1.54, 1.807) is 0 Å². The van der Waals surface area contributed by atoms with E-state index in [-0.39, 0.29) is 17.0 Å². The van der Waals surface area contributed by atoms with Gasteiger partial charge in [0, 0.05) is 0 Å². The van der Waals surface area contributed by atoms with E-state index in [2.05, 4.69) is 9.72 Å². The summed E-state index contributed by atoms with van der Waals surface area (Å²) in [5.41, 5.74) is 4.02. The number of anilines is 1. The first kappa shape index (κ1) is 12.4. The van der Waals surface area contributed by atoms with Crippen molar-refractivity contribution in [2.45, 2.75) is 0 Å². The van der Waals surface area contributed by atoms with E-state index in [1.165, 1.54) is 0 Å². The highest BCUT2D eigenvalue weighted by Crippen LogP contribution is 2.27. The molecule has 0 bridgehead atoms. The molecule has 4 nitrogen and oxygen atoms in total. The number of carbonyl (C=O) groups is 1. The molecule has 0 radical (unpaired) electrons. The lowest BCUT2D eigenvalue weighted by molar-refractivity contribution is 0.0594. The summed E-state index contributed by atoms with van der Waals surface area (Å²) in [4.78, 5) is 14.7. The minimum atomic E-state index is -0.994. The second-order valence-electron chi connectivity index (χ2n) is 2.67. The minimum absolute atomic E-state index is 0.0693. The van der Waals surface area contributed by atoms with Crippen LogP contribution in [0.1, 0.15) is 16.2 Å². The maximum absolute atomic E-state index is 13.4. The van der Waals surface area contributed by atoms with E-state index in [9.17, 15) is 13.6 Å². The molecule has 7 heteroatoms. The Hall–Kier alpha value is -1.69. The molecule has 16 heavy (non-hydrogen) atoms. The molecule has 0 saturated heterocycles. The zero-order valence-electron chi connectivity index (χ0n) is 8.13. The average Bonchev–Trinajstić information content (AvgIpc) is 2.29. The molecule has 0 amide bonds. The Kier molecular flexibility index (Phi) is 3.78. The van der Waals surface area contributed by atoms with Crippen LogP contribution in [0.15, 0.2) is 6.33 Å². The molecule has 1 rings (SSSR count). The van der Waals surface area contributed by atoms with Crippen LogP contribution in [0.25, 0.3) is 6.08 Å². The normalized spacial score (nSPS) is 10.8. The molecular formula is C9H7ClF2N2O2. The number of nitrogens with two attached hydrogens (primary N) is 1. The van der Waals surface area contributed by atoms with E-state index in [0.29, 0.717) is 6.08 Å². The van der Waals surface area contributed by atoms with Crippen LogP contribution in [0.5, 0.6) is 0 Å². The fourth-order valence-electron chi connectivity index (χ4n) is 0.983. The van der Waals surface area contributed by atoms with Gasteiger partial charge in [0.15, 0.2) is 11.5 Å². The van der Waals surface area contributed by atoms with Gasteiger partial charge in [-0.05, 0) is 6.08 Å². The van der Waals surface area contributed by atoms with Crippen molar-refractivity contribution >= 4 is 29.3 Å². The number of nitrogens with zero attached hydrogens (tertiary/aromatic N) is 1. The van der Waals surface area contributed by atoms with Crippen LogP contribution in [0.4, 0.5) is 14.5 Å². The molecule has 1 aromatic heterocycles. The number of halogens is 3. The van der Waals surface area contributed by atoms with Crippen molar-refractivity contribution in [3.8, 4) is 0 Å². The summed E-state index contributed by atoms with van der Waals surface area (Å²) in [6.07, 6.45) is 0.786. The lowest BCUT2D eigenvalue weighted by atomic mass is 10.2. The third-order valence-corrected chi connectivity index (χ3v) is 2.12. The predicted octanol–water partition coefficient (Wildman–Crippen LogP) is 2.18. The molecule has 0 aliphatic carbocycles. The summed E-state index contributed by atoms with van der Waals surface area (Å²) in [6, 6.07) is 0. The molecule has 0 fully saturated rings. The number of hydrogen-bond donors (Lipinski definition) is 1. The highest BCUT2D eigenvalue weighted by Gasteiger charge is 2.20. The fraction of sp³-hybridized carbons (Fsp3) is 0.111. The maximum Gasteiger partial charge on any atom is 0.358 e. The Morgan fingerprint density at radius 1 is 1.62 bits per heavy atom.